The third-order valence-corrected chi connectivity index (χ3v) is 2.81. The van der Waals surface area contributed by atoms with Gasteiger partial charge in [-0.1, -0.05) is 27.7 Å². The van der Waals surface area contributed by atoms with Gasteiger partial charge >= 0.3 is 0 Å². The predicted molar refractivity (Wildman–Crippen MR) is 69.5 cm³/mol. The van der Waals surface area contributed by atoms with Gasteiger partial charge in [0.1, 0.15) is 0 Å². The number of amides is 1. The van der Waals surface area contributed by atoms with Crippen LogP contribution in [0.4, 0.5) is 0 Å². The van der Waals surface area contributed by atoms with Gasteiger partial charge in [-0.05, 0) is 33.2 Å². The fourth-order valence-electron chi connectivity index (χ4n) is 1.11. The fourth-order valence-corrected chi connectivity index (χ4v) is 1.11. The van der Waals surface area contributed by atoms with Crippen molar-refractivity contribution in [1.29, 1.82) is 0 Å². The lowest BCUT2D eigenvalue weighted by atomic mass is 9.96. The van der Waals surface area contributed by atoms with Crippen LogP contribution in [0.3, 0.4) is 0 Å². The normalized spacial score (nSPS) is 12.6. The first-order valence-corrected chi connectivity index (χ1v) is 6.22. The molecule has 16 heavy (non-hydrogen) atoms. The second-order valence-electron chi connectivity index (χ2n) is 6.02. The van der Waals surface area contributed by atoms with Crippen molar-refractivity contribution in [3.05, 3.63) is 0 Å². The Morgan fingerprint density at radius 1 is 1.06 bits per heavy atom. The fraction of sp³-hybridized carbons (Fsp3) is 0.923. The van der Waals surface area contributed by atoms with E-state index in [4.69, 9.17) is 0 Å². The molecular weight excluding hydrogens is 200 g/mol. The Kier molecular flexibility index (Phi) is 6.01. The highest BCUT2D eigenvalue weighted by Gasteiger charge is 2.20. The smallest absolute Gasteiger partial charge is 0.225 e. The number of hydrogen-bond acceptors (Lipinski definition) is 2. The molecule has 0 saturated carbocycles. The van der Waals surface area contributed by atoms with Crippen LogP contribution in [0.15, 0.2) is 0 Å². The molecule has 1 amide bonds. The van der Waals surface area contributed by atoms with Gasteiger partial charge in [0.2, 0.25) is 5.91 Å². The molecule has 0 atom stereocenters. The van der Waals surface area contributed by atoms with Crippen LogP contribution in [0.2, 0.25) is 0 Å². The average molecular weight is 228 g/mol. The molecule has 0 aromatic heterocycles. The third kappa shape index (κ3) is 6.83. The number of carbonyl (C=O) groups excluding carboxylic acids is 1. The third-order valence-electron chi connectivity index (χ3n) is 2.81. The Morgan fingerprint density at radius 2 is 1.62 bits per heavy atom. The Labute approximate surface area is 100 Å². The SMILES string of the molecule is CCC(C)(C)NCCCNC(=O)C(C)(C)C. The molecule has 0 heterocycles. The first kappa shape index (κ1) is 15.4. The van der Waals surface area contributed by atoms with Crippen LogP contribution in [0.25, 0.3) is 0 Å². The molecule has 0 aromatic carbocycles. The molecule has 0 fully saturated rings. The van der Waals surface area contributed by atoms with E-state index in [1.807, 2.05) is 20.8 Å². The van der Waals surface area contributed by atoms with Gasteiger partial charge in [-0.15, -0.1) is 0 Å². The first-order chi connectivity index (χ1) is 7.19. The second kappa shape index (κ2) is 6.24. The highest BCUT2D eigenvalue weighted by atomic mass is 16.2. The van der Waals surface area contributed by atoms with Crippen molar-refractivity contribution in [2.45, 2.75) is 59.9 Å². The van der Waals surface area contributed by atoms with E-state index >= 15 is 0 Å². The van der Waals surface area contributed by atoms with Crippen LogP contribution in [0, 0.1) is 5.41 Å². The maximum absolute atomic E-state index is 11.5. The van der Waals surface area contributed by atoms with E-state index < -0.39 is 0 Å². The molecule has 0 spiro atoms. The molecule has 96 valence electrons. The van der Waals surface area contributed by atoms with Gasteiger partial charge in [0.05, 0.1) is 0 Å². The van der Waals surface area contributed by atoms with Crippen molar-refractivity contribution in [3.63, 3.8) is 0 Å². The summed E-state index contributed by atoms with van der Waals surface area (Å²) in [5, 5.41) is 6.42. The highest BCUT2D eigenvalue weighted by Crippen LogP contribution is 2.12. The van der Waals surface area contributed by atoms with Gasteiger partial charge < -0.3 is 10.6 Å². The maximum atomic E-state index is 11.5. The summed E-state index contributed by atoms with van der Waals surface area (Å²) in [7, 11) is 0. The number of rotatable bonds is 6. The minimum Gasteiger partial charge on any atom is -0.356 e. The van der Waals surface area contributed by atoms with E-state index in [-0.39, 0.29) is 16.9 Å². The zero-order valence-corrected chi connectivity index (χ0v) is 11.7. The Bertz CT molecular complexity index is 216. The lowest BCUT2D eigenvalue weighted by Crippen LogP contribution is -2.41. The molecule has 0 bridgehead atoms. The standard InChI is InChI=1S/C13H28N2O/c1-7-13(5,6)15-10-8-9-14-11(16)12(2,3)4/h15H,7-10H2,1-6H3,(H,14,16). The lowest BCUT2D eigenvalue weighted by Gasteiger charge is -2.24. The maximum Gasteiger partial charge on any atom is 0.225 e. The molecule has 0 rings (SSSR count). The van der Waals surface area contributed by atoms with Crippen molar-refractivity contribution in [2.75, 3.05) is 13.1 Å². The van der Waals surface area contributed by atoms with Gasteiger partial charge in [0.25, 0.3) is 0 Å². The van der Waals surface area contributed by atoms with Gasteiger partial charge in [-0.2, -0.15) is 0 Å². The zero-order chi connectivity index (χ0) is 12.8. The monoisotopic (exact) mass is 228 g/mol. The average Bonchev–Trinajstić information content (AvgIpc) is 2.15. The second-order valence-corrected chi connectivity index (χ2v) is 6.02. The van der Waals surface area contributed by atoms with E-state index in [2.05, 4.69) is 31.4 Å². The van der Waals surface area contributed by atoms with E-state index in [9.17, 15) is 4.79 Å². The van der Waals surface area contributed by atoms with E-state index in [0.717, 1.165) is 25.9 Å². The molecule has 0 radical (unpaired) electrons. The Hall–Kier alpha value is -0.570. The largest absolute Gasteiger partial charge is 0.356 e. The molecule has 2 N–H and O–H groups in total. The summed E-state index contributed by atoms with van der Waals surface area (Å²) >= 11 is 0. The van der Waals surface area contributed by atoms with Gasteiger partial charge in [-0.25, -0.2) is 0 Å². The van der Waals surface area contributed by atoms with Crippen LogP contribution in [-0.2, 0) is 4.79 Å². The highest BCUT2D eigenvalue weighted by molar-refractivity contribution is 5.81. The van der Waals surface area contributed by atoms with Crippen molar-refractivity contribution in [1.82, 2.24) is 10.6 Å². The summed E-state index contributed by atoms with van der Waals surface area (Å²) in [5.41, 5.74) is -0.0792. The summed E-state index contributed by atoms with van der Waals surface area (Å²) in [5.74, 6) is 0.127. The summed E-state index contributed by atoms with van der Waals surface area (Å²) in [6.07, 6.45) is 2.09. The molecule has 0 aliphatic rings. The van der Waals surface area contributed by atoms with Crippen LogP contribution >= 0.6 is 0 Å². The van der Waals surface area contributed by atoms with Crippen LogP contribution in [-0.4, -0.2) is 24.5 Å². The molecule has 0 aromatic rings. The van der Waals surface area contributed by atoms with Crippen molar-refractivity contribution in [2.24, 2.45) is 5.41 Å². The Morgan fingerprint density at radius 3 is 2.06 bits per heavy atom. The van der Waals surface area contributed by atoms with E-state index in [0.29, 0.717) is 0 Å². The quantitative estimate of drug-likeness (QED) is 0.685. The number of nitrogens with one attached hydrogen (secondary N) is 2. The minimum absolute atomic E-state index is 0.127. The van der Waals surface area contributed by atoms with Crippen LogP contribution < -0.4 is 10.6 Å². The van der Waals surface area contributed by atoms with Crippen LogP contribution in [0.5, 0.6) is 0 Å². The van der Waals surface area contributed by atoms with Crippen LogP contribution in [0.1, 0.15) is 54.4 Å². The molecule has 0 saturated heterocycles. The molecule has 3 heteroatoms. The molecule has 0 aliphatic carbocycles. The summed E-state index contributed by atoms with van der Waals surface area (Å²) in [4.78, 5) is 11.5. The van der Waals surface area contributed by atoms with Crippen molar-refractivity contribution in [3.8, 4) is 0 Å². The van der Waals surface area contributed by atoms with Crippen molar-refractivity contribution >= 4 is 5.91 Å². The topological polar surface area (TPSA) is 41.1 Å². The lowest BCUT2D eigenvalue weighted by molar-refractivity contribution is -0.128. The predicted octanol–water partition coefficient (Wildman–Crippen LogP) is 2.32. The summed E-state index contributed by atoms with van der Waals surface area (Å²) < 4.78 is 0. The van der Waals surface area contributed by atoms with E-state index in [1.54, 1.807) is 0 Å². The number of hydrogen-bond donors (Lipinski definition) is 2. The summed E-state index contributed by atoms with van der Waals surface area (Å²) in [6, 6.07) is 0. The minimum atomic E-state index is -0.282. The molecular formula is C13H28N2O. The van der Waals surface area contributed by atoms with Gasteiger partial charge in [0.15, 0.2) is 0 Å². The Balaban J connectivity index is 3.59. The van der Waals surface area contributed by atoms with Crippen molar-refractivity contribution < 1.29 is 4.79 Å². The molecule has 3 nitrogen and oxygen atoms in total. The van der Waals surface area contributed by atoms with Gasteiger partial charge in [-0.3, -0.25) is 4.79 Å². The zero-order valence-electron chi connectivity index (χ0n) is 11.7. The molecule has 0 aliphatic heterocycles. The number of carbonyl (C=O) groups is 1. The van der Waals surface area contributed by atoms with E-state index in [1.165, 1.54) is 0 Å². The summed E-state index contributed by atoms with van der Waals surface area (Å²) in [6.45, 7) is 14.1. The first-order valence-electron chi connectivity index (χ1n) is 6.22. The molecule has 0 unspecified atom stereocenters. The van der Waals surface area contributed by atoms with Gasteiger partial charge in [0, 0.05) is 17.5 Å².